The third-order valence-electron chi connectivity index (χ3n) is 6.79. The van der Waals surface area contributed by atoms with Crippen molar-refractivity contribution in [3.05, 3.63) is 107 Å². The van der Waals surface area contributed by atoms with Crippen LogP contribution in [0.4, 0.5) is 0 Å². The molecule has 0 aliphatic heterocycles. The van der Waals surface area contributed by atoms with E-state index in [9.17, 15) is 18.3 Å². The van der Waals surface area contributed by atoms with Crippen molar-refractivity contribution in [2.24, 2.45) is 11.8 Å². The summed E-state index contributed by atoms with van der Waals surface area (Å²) in [5.41, 5.74) is 3.58. The second-order valence-electron chi connectivity index (χ2n) is 10.3. The van der Waals surface area contributed by atoms with Gasteiger partial charge in [-0.15, -0.1) is 0 Å². The maximum absolute atomic E-state index is 13.5. The van der Waals surface area contributed by atoms with Gasteiger partial charge in [-0.25, -0.2) is 8.42 Å². The number of ether oxygens (including phenoxy) is 1. The molecule has 0 heterocycles. The van der Waals surface area contributed by atoms with Gasteiger partial charge < -0.3 is 9.84 Å². The van der Waals surface area contributed by atoms with Gasteiger partial charge in [0, 0.05) is 6.42 Å². The van der Waals surface area contributed by atoms with Gasteiger partial charge in [0.15, 0.2) is 0 Å². The van der Waals surface area contributed by atoms with E-state index in [2.05, 4.69) is 4.72 Å². The Morgan fingerprint density at radius 3 is 2.37 bits per heavy atom. The zero-order chi connectivity index (χ0) is 27.3. The summed E-state index contributed by atoms with van der Waals surface area (Å²) in [4.78, 5) is 13.6. The molecule has 4 atom stereocenters. The highest BCUT2D eigenvalue weighted by Gasteiger charge is 2.40. The summed E-state index contributed by atoms with van der Waals surface area (Å²) in [6.07, 6.45) is 2.43. The molecular formula is C31H35NO5S. The quantitative estimate of drug-likeness (QED) is 0.349. The number of carbonyl (C=O) groups excluding carboxylic acids is 1. The molecule has 3 aromatic carbocycles. The predicted molar refractivity (Wildman–Crippen MR) is 149 cm³/mol. The van der Waals surface area contributed by atoms with Gasteiger partial charge in [0.1, 0.15) is 6.10 Å². The fraction of sp³-hybridized carbons (Fsp3) is 0.323. The molecule has 0 saturated heterocycles. The molecule has 0 radical (unpaired) electrons. The third kappa shape index (κ3) is 6.78. The molecule has 0 unspecified atom stereocenters. The first kappa shape index (κ1) is 27.8. The Morgan fingerprint density at radius 1 is 1.03 bits per heavy atom. The molecule has 3 aromatic rings. The molecule has 7 heteroatoms. The lowest BCUT2D eigenvalue weighted by Gasteiger charge is -2.26. The molecule has 0 amide bonds. The van der Waals surface area contributed by atoms with Crippen LogP contribution in [0, 0.1) is 18.8 Å². The average molecular weight is 534 g/mol. The second-order valence-corrected chi connectivity index (χ2v) is 12.0. The van der Waals surface area contributed by atoms with Crippen molar-refractivity contribution < 1.29 is 23.1 Å². The Kier molecular flexibility index (Phi) is 8.82. The molecule has 1 aliphatic carbocycles. The van der Waals surface area contributed by atoms with Crippen LogP contribution in [0.5, 0.6) is 0 Å². The van der Waals surface area contributed by atoms with Gasteiger partial charge in [-0.1, -0.05) is 98.3 Å². The number of sulfonamides is 1. The molecule has 1 aliphatic rings. The standard InChI is InChI=1S/C31H35NO5S/c1-21(2)19-27(28(33)18-15-23-9-5-4-6-10-23)31(34)37-29-20-24-11-7-8-12-26(24)30(29)32-38(35,36)25-16-13-22(3)14-17-25/h4-18,21,27-30,32-33H,19-20H2,1-3H3/b18-15+/t27-,28-,29+,30-/m1/s1. The number of aliphatic hydroxyl groups excluding tert-OH is 1. The first-order valence-electron chi connectivity index (χ1n) is 12.9. The van der Waals surface area contributed by atoms with E-state index in [4.69, 9.17) is 4.74 Å². The fourth-order valence-corrected chi connectivity index (χ4v) is 6.03. The summed E-state index contributed by atoms with van der Waals surface area (Å²) in [6.45, 7) is 5.86. The molecule has 0 spiro atoms. The highest BCUT2D eigenvalue weighted by Crippen LogP contribution is 2.35. The Balaban J connectivity index is 1.56. The van der Waals surface area contributed by atoms with Gasteiger partial charge in [-0.05, 0) is 48.1 Å². The van der Waals surface area contributed by atoms with E-state index in [0.717, 1.165) is 22.3 Å². The van der Waals surface area contributed by atoms with Gasteiger partial charge in [0.2, 0.25) is 10.0 Å². The smallest absolute Gasteiger partial charge is 0.312 e. The van der Waals surface area contributed by atoms with Crippen LogP contribution >= 0.6 is 0 Å². The van der Waals surface area contributed by atoms with Crippen molar-refractivity contribution in [1.82, 2.24) is 4.72 Å². The molecule has 0 aromatic heterocycles. The molecule has 2 N–H and O–H groups in total. The first-order valence-corrected chi connectivity index (χ1v) is 14.4. The van der Waals surface area contributed by atoms with Gasteiger partial charge in [-0.3, -0.25) is 4.79 Å². The highest BCUT2D eigenvalue weighted by molar-refractivity contribution is 7.89. The Bertz CT molecular complexity index is 1370. The maximum atomic E-state index is 13.5. The van der Waals surface area contributed by atoms with Gasteiger partial charge in [0.05, 0.1) is 23.0 Å². The van der Waals surface area contributed by atoms with E-state index in [1.54, 1.807) is 36.4 Å². The van der Waals surface area contributed by atoms with E-state index in [1.165, 1.54) is 0 Å². The lowest BCUT2D eigenvalue weighted by atomic mass is 9.91. The van der Waals surface area contributed by atoms with Gasteiger partial charge >= 0.3 is 5.97 Å². The Labute approximate surface area is 225 Å². The molecular weight excluding hydrogens is 498 g/mol. The van der Waals surface area contributed by atoms with Gasteiger partial charge in [-0.2, -0.15) is 4.72 Å². The van der Waals surface area contributed by atoms with E-state index in [0.29, 0.717) is 12.8 Å². The minimum Gasteiger partial charge on any atom is -0.460 e. The summed E-state index contributed by atoms with van der Waals surface area (Å²) in [5, 5.41) is 11.0. The fourth-order valence-electron chi connectivity index (χ4n) is 4.79. The van der Waals surface area contributed by atoms with Crippen LogP contribution < -0.4 is 4.72 Å². The topological polar surface area (TPSA) is 92.7 Å². The average Bonchev–Trinajstić information content (AvgIpc) is 3.22. The van der Waals surface area contributed by atoms with E-state index >= 15 is 0 Å². The molecule has 6 nitrogen and oxygen atoms in total. The van der Waals surface area contributed by atoms with Crippen LogP contribution in [-0.4, -0.2) is 31.7 Å². The zero-order valence-corrected chi connectivity index (χ0v) is 22.8. The number of hydrogen-bond donors (Lipinski definition) is 2. The SMILES string of the molecule is Cc1ccc(S(=O)(=O)N[C@@H]2c3ccccc3C[C@@H]2OC(=O)[C@H](CC(C)C)[C@H](O)/C=C/c2ccccc2)cc1. The van der Waals surface area contributed by atoms with Gasteiger partial charge in [0.25, 0.3) is 0 Å². The number of benzene rings is 3. The normalized spacial score (nSPS) is 18.9. The summed E-state index contributed by atoms with van der Waals surface area (Å²) in [7, 11) is -3.87. The zero-order valence-electron chi connectivity index (χ0n) is 21.9. The number of carbonyl (C=O) groups is 1. The monoisotopic (exact) mass is 533 g/mol. The molecule has 200 valence electrons. The first-order chi connectivity index (χ1) is 18.1. The Morgan fingerprint density at radius 2 is 1.68 bits per heavy atom. The number of hydrogen-bond acceptors (Lipinski definition) is 5. The summed E-state index contributed by atoms with van der Waals surface area (Å²) in [6, 6.07) is 22.9. The summed E-state index contributed by atoms with van der Waals surface area (Å²) in [5.74, 6) is -1.18. The van der Waals surface area contributed by atoms with Crippen molar-refractivity contribution in [1.29, 1.82) is 0 Å². The number of aryl methyl sites for hydroxylation is 1. The molecule has 0 fully saturated rings. The summed E-state index contributed by atoms with van der Waals surface area (Å²) >= 11 is 0. The van der Waals surface area contributed by atoms with Crippen LogP contribution in [0.15, 0.2) is 89.8 Å². The second kappa shape index (κ2) is 12.1. The predicted octanol–water partition coefficient (Wildman–Crippen LogP) is 5.22. The number of esters is 1. The third-order valence-corrected chi connectivity index (χ3v) is 8.25. The van der Waals surface area contributed by atoms with Crippen molar-refractivity contribution in [2.45, 2.75) is 56.8 Å². The molecule has 0 saturated carbocycles. The maximum Gasteiger partial charge on any atom is 0.312 e. The minimum atomic E-state index is -3.87. The van der Waals surface area contributed by atoms with Crippen LogP contribution in [0.25, 0.3) is 6.08 Å². The van der Waals surface area contributed by atoms with E-state index < -0.39 is 40.2 Å². The van der Waals surface area contributed by atoms with Crippen molar-refractivity contribution in [3.63, 3.8) is 0 Å². The number of fused-ring (bicyclic) bond motifs is 1. The van der Waals surface area contributed by atoms with E-state index in [-0.39, 0.29) is 10.8 Å². The lowest BCUT2D eigenvalue weighted by Crippen LogP contribution is -2.39. The van der Waals surface area contributed by atoms with Crippen LogP contribution in [-0.2, 0) is 26.0 Å². The summed E-state index contributed by atoms with van der Waals surface area (Å²) < 4.78 is 35.3. The highest BCUT2D eigenvalue weighted by atomic mass is 32.2. The number of aliphatic hydroxyl groups is 1. The minimum absolute atomic E-state index is 0.143. The molecule has 4 rings (SSSR count). The van der Waals surface area contributed by atoms with Crippen molar-refractivity contribution in [2.75, 3.05) is 0 Å². The van der Waals surface area contributed by atoms with Crippen LogP contribution in [0.3, 0.4) is 0 Å². The van der Waals surface area contributed by atoms with Crippen LogP contribution in [0.1, 0.15) is 48.6 Å². The Hall–Kier alpha value is -3.26. The molecule has 38 heavy (non-hydrogen) atoms. The van der Waals surface area contributed by atoms with Crippen molar-refractivity contribution in [3.8, 4) is 0 Å². The lowest BCUT2D eigenvalue weighted by molar-refractivity contribution is -0.158. The van der Waals surface area contributed by atoms with E-state index in [1.807, 2.05) is 75.4 Å². The largest absolute Gasteiger partial charge is 0.460 e. The molecule has 0 bridgehead atoms. The number of nitrogens with one attached hydrogen (secondary N) is 1. The van der Waals surface area contributed by atoms with Crippen LogP contribution in [0.2, 0.25) is 0 Å². The number of rotatable bonds is 10. The van der Waals surface area contributed by atoms with Crippen molar-refractivity contribution >= 4 is 22.1 Å².